The third-order valence-electron chi connectivity index (χ3n) is 4.37. The lowest BCUT2D eigenvalue weighted by atomic mass is 10.0. The molecule has 1 aromatic carbocycles. The van der Waals surface area contributed by atoms with Crippen LogP contribution in [0.5, 0.6) is 0 Å². The molecule has 1 aromatic heterocycles. The number of ether oxygens (including phenoxy) is 1. The number of carboxylic acids is 1. The molecule has 160 valence electrons. The van der Waals surface area contributed by atoms with Gasteiger partial charge in [0.15, 0.2) is 6.10 Å². The molecule has 11 nitrogen and oxygen atoms in total. The molecule has 0 aliphatic rings. The summed E-state index contributed by atoms with van der Waals surface area (Å²) < 4.78 is 5.12. The number of nitrogens with zero attached hydrogens (tertiary/aromatic N) is 3. The first-order chi connectivity index (χ1) is 14.8. The molecule has 2 rings (SSSR count). The van der Waals surface area contributed by atoms with Crippen molar-refractivity contribution in [2.45, 2.75) is 37.8 Å². The Labute approximate surface area is 176 Å². The fourth-order valence-electron chi connectivity index (χ4n) is 2.89. The lowest BCUT2D eigenvalue weighted by molar-refractivity contribution is -0.156. The topological polar surface area (TPSA) is 186 Å². The second-order valence-electron chi connectivity index (χ2n) is 6.53. The van der Waals surface area contributed by atoms with E-state index in [1.807, 2.05) is 18.2 Å². The predicted molar refractivity (Wildman–Crippen MR) is 106 cm³/mol. The average Bonchev–Trinajstić information content (AvgIpc) is 3.13. The zero-order chi connectivity index (χ0) is 22.8. The highest BCUT2D eigenvalue weighted by atomic mass is 16.5. The number of H-pyrrole nitrogens is 1. The number of aromatic amines is 1. The van der Waals surface area contributed by atoms with Gasteiger partial charge in [-0.05, 0) is 18.1 Å². The first-order valence-corrected chi connectivity index (χ1v) is 9.20. The summed E-state index contributed by atoms with van der Waals surface area (Å²) in [6, 6.07) is 7.43. The molecular weight excluding hydrogens is 406 g/mol. The van der Waals surface area contributed by atoms with Gasteiger partial charge in [0.1, 0.15) is 12.5 Å². The Morgan fingerprint density at radius 1 is 1.32 bits per heavy atom. The van der Waals surface area contributed by atoms with Crippen LogP contribution in [0.4, 0.5) is 0 Å². The van der Waals surface area contributed by atoms with Gasteiger partial charge >= 0.3 is 18.2 Å². The Balaban J connectivity index is 2.19. The van der Waals surface area contributed by atoms with E-state index in [2.05, 4.69) is 15.1 Å². The van der Waals surface area contributed by atoms with Crippen LogP contribution < -0.4 is 5.32 Å². The summed E-state index contributed by atoms with van der Waals surface area (Å²) in [5, 5.41) is 21.1. The van der Waals surface area contributed by atoms with Gasteiger partial charge in [0.2, 0.25) is 5.78 Å². The van der Waals surface area contributed by atoms with E-state index in [9.17, 15) is 24.3 Å². The van der Waals surface area contributed by atoms with Crippen molar-refractivity contribution in [1.29, 1.82) is 5.26 Å². The van der Waals surface area contributed by atoms with Crippen molar-refractivity contribution in [3.8, 4) is 6.07 Å². The molecule has 0 unspecified atom stereocenters. The van der Waals surface area contributed by atoms with E-state index in [0.717, 1.165) is 10.9 Å². The van der Waals surface area contributed by atoms with Gasteiger partial charge in [0, 0.05) is 29.9 Å². The number of ketones is 1. The number of rotatable bonds is 11. The summed E-state index contributed by atoms with van der Waals surface area (Å²) in [5.41, 5.74) is 9.80. The number of esters is 1. The molecule has 0 aliphatic heterocycles. The molecule has 0 saturated heterocycles. The van der Waals surface area contributed by atoms with E-state index in [1.54, 1.807) is 18.3 Å². The molecule has 31 heavy (non-hydrogen) atoms. The van der Waals surface area contributed by atoms with Gasteiger partial charge in [-0.2, -0.15) is 10.1 Å². The number of fused-ring (bicyclic) bond motifs is 1. The van der Waals surface area contributed by atoms with Crippen LogP contribution in [-0.4, -0.2) is 56.9 Å². The molecule has 0 aliphatic carbocycles. The average molecular weight is 425 g/mol. The number of amides is 1. The van der Waals surface area contributed by atoms with Crippen LogP contribution in [0.1, 0.15) is 24.8 Å². The number of nitrogens with one attached hydrogen (secondary N) is 2. The van der Waals surface area contributed by atoms with Crippen molar-refractivity contribution < 1.29 is 33.8 Å². The summed E-state index contributed by atoms with van der Waals surface area (Å²) in [7, 11) is 0. The van der Waals surface area contributed by atoms with Crippen molar-refractivity contribution in [2.24, 2.45) is 0 Å². The molecule has 2 aromatic rings. The number of benzene rings is 1. The number of hydrogen-bond acceptors (Lipinski definition) is 6. The van der Waals surface area contributed by atoms with Crippen LogP contribution >= 0.6 is 0 Å². The minimum atomic E-state index is -1.44. The second-order valence-corrected chi connectivity index (χ2v) is 6.53. The van der Waals surface area contributed by atoms with Crippen molar-refractivity contribution in [3.63, 3.8) is 0 Å². The largest absolute Gasteiger partial charge is 0.480 e. The lowest BCUT2D eigenvalue weighted by Crippen LogP contribution is -2.47. The predicted octanol–water partition coefficient (Wildman–Crippen LogP) is 0.755. The van der Waals surface area contributed by atoms with Crippen molar-refractivity contribution >= 4 is 40.7 Å². The molecule has 0 saturated carbocycles. The molecule has 1 amide bonds. The molecule has 1 heterocycles. The second kappa shape index (κ2) is 11.0. The number of carboxylic acid groups (broad SMARTS) is 1. The van der Waals surface area contributed by atoms with Gasteiger partial charge < -0.3 is 25.7 Å². The minimum Gasteiger partial charge on any atom is -0.480 e. The quantitative estimate of drug-likeness (QED) is 0.205. The summed E-state index contributed by atoms with van der Waals surface area (Å²) in [4.78, 5) is 53.1. The smallest absolute Gasteiger partial charge is 0.326 e. The van der Waals surface area contributed by atoms with Gasteiger partial charge in [-0.1, -0.05) is 18.2 Å². The number of aromatic nitrogens is 1. The highest BCUT2D eigenvalue weighted by Gasteiger charge is 2.29. The number of carbonyl (C=O) groups excluding carboxylic acids is 3. The number of nitriles is 1. The van der Waals surface area contributed by atoms with Gasteiger partial charge in [0.05, 0.1) is 6.07 Å². The first-order valence-electron chi connectivity index (χ1n) is 9.20. The molecule has 11 heteroatoms. The maximum absolute atomic E-state index is 12.7. The summed E-state index contributed by atoms with van der Waals surface area (Å²) in [6.07, 6.45) is -0.309. The molecule has 3 N–H and O–H groups in total. The number of carbonyl (C=O) groups is 4. The Kier molecular flexibility index (Phi) is 8.19. The van der Waals surface area contributed by atoms with Crippen LogP contribution in [0.25, 0.3) is 16.4 Å². The highest BCUT2D eigenvalue weighted by molar-refractivity contribution is 6.25. The highest BCUT2D eigenvalue weighted by Crippen LogP contribution is 2.20. The van der Waals surface area contributed by atoms with E-state index in [4.69, 9.17) is 15.5 Å². The Bertz CT molecular complexity index is 1080. The Morgan fingerprint density at radius 3 is 2.74 bits per heavy atom. The lowest BCUT2D eigenvalue weighted by Gasteiger charge is -2.20. The van der Waals surface area contributed by atoms with E-state index < -0.39 is 42.2 Å². The molecule has 2 atom stereocenters. The van der Waals surface area contributed by atoms with E-state index in [-0.39, 0.29) is 19.3 Å². The van der Waals surface area contributed by atoms with Gasteiger partial charge in [0.25, 0.3) is 5.91 Å². The van der Waals surface area contributed by atoms with E-state index >= 15 is 0 Å². The van der Waals surface area contributed by atoms with Gasteiger partial charge in [-0.25, -0.2) is 4.79 Å². The minimum absolute atomic E-state index is 0.0601. The van der Waals surface area contributed by atoms with Gasteiger partial charge in [-0.15, -0.1) is 0 Å². The van der Waals surface area contributed by atoms with Crippen LogP contribution in [0.2, 0.25) is 0 Å². The maximum Gasteiger partial charge on any atom is 0.326 e. The fraction of sp³-hybridized carbons (Fsp3) is 0.300. The van der Waals surface area contributed by atoms with Crippen LogP contribution in [0, 0.1) is 11.3 Å². The zero-order valence-electron chi connectivity index (χ0n) is 16.3. The van der Waals surface area contributed by atoms with Crippen LogP contribution in [0.3, 0.4) is 0 Å². The van der Waals surface area contributed by atoms with Gasteiger partial charge in [-0.3, -0.25) is 14.4 Å². The Morgan fingerprint density at radius 2 is 2.06 bits per heavy atom. The van der Waals surface area contributed by atoms with E-state index in [0.29, 0.717) is 11.8 Å². The third-order valence-corrected chi connectivity index (χ3v) is 4.37. The zero-order valence-corrected chi connectivity index (χ0v) is 16.3. The number of Topliss-reactive ketones (excluding diaryl/α,β-unsaturated/α-hetero) is 1. The van der Waals surface area contributed by atoms with Crippen LogP contribution in [0.15, 0.2) is 30.5 Å². The van der Waals surface area contributed by atoms with Crippen LogP contribution in [-0.2, 0) is 30.3 Å². The van der Waals surface area contributed by atoms with Crippen molar-refractivity contribution in [1.82, 2.24) is 10.3 Å². The standard InChI is InChI=1S/C20H19N5O6/c21-8-7-18(27)31-17(9-12-10-23-15-4-2-1-3-14(12)15)19(28)25-16(20(29)30)6-5-13(26)11-24-22/h1-4,10-11,16-17,23H,5-7,9H2,(H,25,28)(H,29,30)/t16-,17-/m0/s1. The number of aliphatic carboxylic acids is 1. The molecule has 0 radical (unpaired) electrons. The normalized spacial score (nSPS) is 12.1. The molecule has 0 fully saturated rings. The fourth-order valence-corrected chi connectivity index (χ4v) is 2.89. The molecule has 0 bridgehead atoms. The SMILES string of the molecule is N#CCC(=O)O[C@@H](Cc1c[nH]c2ccccc12)C(=O)N[C@@H](CCC(=O)C=[N+]=[N-])C(=O)O. The third kappa shape index (κ3) is 6.62. The summed E-state index contributed by atoms with van der Waals surface area (Å²) in [6.45, 7) is 0. The summed E-state index contributed by atoms with van der Waals surface area (Å²) in [5.74, 6) is -3.83. The number of hydrogen-bond donors (Lipinski definition) is 3. The van der Waals surface area contributed by atoms with Crippen molar-refractivity contribution in [3.05, 3.63) is 41.6 Å². The Hall–Kier alpha value is -4.29. The molecule has 0 spiro atoms. The number of para-hydroxylation sites is 1. The maximum atomic E-state index is 12.7. The molecular formula is C20H19N5O6. The van der Waals surface area contributed by atoms with E-state index in [1.165, 1.54) is 0 Å². The monoisotopic (exact) mass is 425 g/mol. The first kappa shape index (κ1) is 23.0. The summed E-state index contributed by atoms with van der Waals surface area (Å²) >= 11 is 0. The van der Waals surface area contributed by atoms with Crippen molar-refractivity contribution in [2.75, 3.05) is 0 Å².